The molecule has 0 unspecified atom stereocenters. The first-order valence-electron chi connectivity index (χ1n) is 5.38. The van der Waals surface area contributed by atoms with Gasteiger partial charge in [0.05, 0.1) is 20.3 Å². The third kappa shape index (κ3) is 2.05. The first kappa shape index (κ1) is 11.7. The standard InChI is InChI=1S/C10H16N4O3/c1-13-8(11)7(10(15)16-2)9(12-13)14-3-5-17-6-4-14/h3-6,11H2,1-2H3. The highest BCUT2D eigenvalue weighted by Gasteiger charge is 2.26. The van der Waals surface area contributed by atoms with E-state index in [1.54, 1.807) is 7.05 Å². The minimum absolute atomic E-state index is 0.318. The Kier molecular flexibility index (Phi) is 3.19. The summed E-state index contributed by atoms with van der Waals surface area (Å²) in [4.78, 5) is 13.7. The van der Waals surface area contributed by atoms with Crippen LogP contribution in [0.4, 0.5) is 11.6 Å². The van der Waals surface area contributed by atoms with Crippen LogP contribution in [0, 0.1) is 0 Å². The van der Waals surface area contributed by atoms with Crippen molar-refractivity contribution in [2.24, 2.45) is 7.05 Å². The molecule has 2 N–H and O–H groups in total. The fourth-order valence-corrected chi connectivity index (χ4v) is 1.82. The van der Waals surface area contributed by atoms with E-state index in [-0.39, 0.29) is 0 Å². The summed E-state index contributed by atoms with van der Waals surface area (Å²) in [6.45, 7) is 2.63. The minimum Gasteiger partial charge on any atom is -0.465 e. The second kappa shape index (κ2) is 4.62. The summed E-state index contributed by atoms with van der Waals surface area (Å²) >= 11 is 0. The lowest BCUT2D eigenvalue weighted by atomic mass is 10.2. The van der Waals surface area contributed by atoms with E-state index in [4.69, 9.17) is 15.2 Å². The molecule has 17 heavy (non-hydrogen) atoms. The fraction of sp³-hybridized carbons (Fsp3) is 0.600. The maximum atomic E-state index is 11.7. The molecule has 0 atom stereocenters. The number of hydrogen-bond acceptors (Lipinski definition) is 6. The number of rotatable bonds is 2. The van der Waals surface area contributed by atoms with E-state index in [0.717, 1.165) is 0 Å². The summed E-state index contributed by atoms with van der Waals surface area (Å²) in [6, 6.07) is 0. The summed E-state index contributed by atoms with van der Waals surface area (Å²) in [5.74, 6) is 0.426. The van der Waals surface area contributed by atoms with Crippen LogP contribution in [0.3, 0.4) is 0 Å². The normalized spacial score (nSPS) is 16.0. The van der Waals surface area contributed by atoms with E-state index in [1.165, 1.54) is 11.8 Å². The number of anilines is 2. The van der Waals surface area contributed by atoms with Gasteiger partial charge in [0, 0.05) is 20.1 Å². The van der Waals surface area contributed by atoms with Gasteiger partial charge in [-0.1, -0.05) is 0 Å². The van der Waals surface area contributed by atoms with Crippen molar-refractivity contribution in [3.05, 3.63) is 5.56 Å². The molecule has 7 heteroatoms. The number of carbonyl (C=O) groups is 1. The summed E-state index contributed by atoms with van der Waals surface area (Å²) in [6.07, 6.45) is 0. The average Bonchev–Trinajstić information content (AvgIpc) is 2.66. The van der Waals surface area contributed by atoms with Gasteiger partial charge in [-0.2, -0.15) is 5.10 Å². The highest BCUT2D eigenvalue weighted by Crippen LogP contribution is 2.25. The summed E-state index contributed by atoms with van der Waals surface area (Å²) in [5.41, 5.74) is 6.16. The molecular weight excluding hydrogens is 224 g/mol. The van der Waals surface area contributed by atoms with E-state index in [0.29, 0.717) is 43.5 Å². The van der Waals surface area contributed by atoms with E-state index in [2.05, 4.69) is 5.10 Å². The van der Waals surface area contributed by atoms with Crippen LogP contribution >= 0.6 is 0 Å². The Bertz CT molecular complexity index is 423. The molecular formula is C10H16N4O3. The Balaban J connectivity index is 2.38. The number of nitrogens with two attached hydrogens (primary N) is 1. The van der Waals surface area contributed by atoms with Gasteiger partial charge in [-0.3, -0.25) is 4.68 Å². The molecule has 1 aliphatic heterocycles. The molecule has 94 valence electrons. The Morgan fingerprint density at radius 3 is 2.71 bits per heavy atom. The first-order valence-corrected chi connectivity index (χ1v) is 5.38. The lowest BCUT2D eigenvalue weighted by Gasteiger charge is -2.27. The van der Waals surface area contributed by atoms with Crippen LogP contribution in [-0.4, -0.2) is 49.2 Å². The Labute approximate surface area is 99.1 Å². The molecule has 0 aliphatic carbocycles. The number of morpholine rings is 1. The number of esters is 1. The summed E-state index contributed by atoms with van der Waals surface area (Å²) < 4.78 is 11.5. The predicted octanol–water partition coefficient (Wildman–Crippen LogP) is -0.374. The highest BCUT2D eigenvalue weighted by atomic mass is 16.5. The Hall–Kier alpha value is -1.76. The zero-order valence-electron chi connectivity index (χ0n) is 9.97. The number of ether oxygens (including phenoxy) is 2. The predicted molar refractivity (Wildman–Crippen MR) is 62.0 cm³/mol. The number of hydrogen-bond donors (Lipinski definition) is 1. The van der Waals surface area contributed by atoms with Crippen LogP contribution in [0.25, 0.3) is 0 Å². The number of methoxy groups -OCH3 is 1. The van der Waals surface area contributed by atoms with Gasteiger partial charge >= 0.3 is 5.97 Å². The molecule has 2 rings (SSSR count). The fourth-order valence-electron chi connectivity index (χ4n) is 1.82. The van der Waals surface area contributed by atoms with Gasteiger partial charge < -0.3 is 20.1 Å². The van der Waals surface area contributed by atoms with Crippen LogP contribution in [0.5, 0.6) is 0 Å². The minimum atomic E-state index is -0.461. The van der Waals surface area contributed by atoms with Crippen LogP contribution in [0.1, 0.15) is 10.4 Å². The molecule has 0 amide bonds. The van der Waals surface area contributed by atoms with Crippen molar-refractivity contribution in [1.29, 1.82) is 0 Å². The van der Waals surface area contributed by atoms with Crippen LogP contribution in [0.15, 0.2) is 0 Å². The molecule has 1 fully saturated rings. The molecule has 1 aliphatic rings. The van der Waals surface area contributed by atoms with Gasteiger partial charge in [0.1, 0.15) is 11.4 Å². The largest absolute Gasteiger partial charge is 0.465 e. The van der Waals surface area contributed by atoms with E-state index in [1.807, 2.05) is 4.90 Å². The van der Waals surface area contributed by atoms with Gasteiger partial charge in [0.15, 0.2) is 5.82 Å². The van der Waals surface area contributed by atoms with Crippen LogP contribution < -0.4 is 10.6 Å². The molecule has 7 nitrogen and oxygen atoms in total. The monoisotopic (exact) mass is 240 g/mol. The lowest BCUT2D eigenvalue weighted by molar-refractivity contribution is 0.0601. The first-order chi connectivity index (χ1) is 8.15. The molecule has 0 radical (unpaired) electrons. The third-order valence-electron chi connectivity index (χ3n) is 2.77. The number of aromatic nitrogens is 2. The van der Waals surface area contributed by atoms with Crippen LogP contribution in [-0.2, 0) is 16.5 Å². The summed E-state index contributed by atoms with van der Waals surface area (Å²) in [7, 11) is 3.03. The van der Waals surface area contributed by atoms with Crippen molar-refractivity contribution < 1.29 is 14.3 Å². The van der Waals surface area contributed by atoms with Crippen molar-refractivity contribution >= 4 is 17.6 Å². The molecule has 0 aromatic carbocycles. The van der Waals surface area contributed by atoms with Crippen molar-refractivity contribution in [1.82, 2.24) is 9.78 Å². The highest BCUT2D eigenvalue weighted by molar-refractivity contribution is 5.99. The quantitative estimate of drug-likeness (QED) is 0.710. The van der Waals surface area contributed by atoms with Crippen molar-refractivity contribution in [3.8, 4) is 0 Å². The van der Waals surface area contributed by atoms with Gasteiger partial charge in [-0.15, -0.1) is 0 Å². The maximum absolute atomic E-state index is 11.7. The van der Waals surface area contributed by atoms with E-state index >= 15 is 0 Å². The van der Waals surface area contributed by atoms with Gasteiger partial charge in [0.25, 0.3) is 0 Å². The topological polar surface area (TPSA) is 82.6 Å². The second-order valence-corrected chi connectivity index (χ2v) is 3.80. The zero-order valence-corrected chi connectivity index (χ0v) is 9.97. The van der Waals surface area contributed by atoms with E-state index in [9.17, 15) is 4.79 Å². The lowest BCUT2D eigenvalue weighted by Crippen LogP contribution is -2.37. The third-order valence-corrected chi connectivity index (χ3v) is 2.77. The molecule has 0 spiro atoms. The second-order valence-electron chi connectivity index (χ2n) is 3.80. The van der Waals surface area contributed by atoms with Gasteiger partial charge in [-0.05, 0) is 0 Å². The van der Waals surface area contributed by atoms with Gasteiger partial charge in [-0.25, -0.2) is 4.79 Å². The SMILES string of the molecule is COC(=O)c1c(N2CCOCC2)nn(C)c1N. The number of nitrogen functional groups attached to an aromatic ring is 1. The molecule has 1 aromatic heterocycles. The zero-order chi connectivity index (χ0) is 12.4. The van der Waals surface area contributed by atoms with E-state index < -0.39 is 5.97 Å². The number of aryl methyl sites for hydroxylation is 1. The maximum Gasteiger partial charge on any atom is 0.345 e. The van der Waals surface area contributed by atoms with Gasteiger partial charge in [0.2, 0.25) is 0 Å². The Morgan fingerprint density at radius 1 is 1.47 bits per heavy atom. The smallest absolute Gasteiger partial charge is 0.345 e. The molecule has 0 bridgehead atoms. The van der Waals surface area contributed by atoms with Crippen molar-refractivity contribution in [2.45, 2.75) is 0 Å². The molecule has 1 saturated heterocycles. The van der Waals surface area contributed by atoms with Crippen LogP contribution in [0.2, 0.25) is 0 Å². The summed E-state index contributed by atoms with van der Waals surface area (Å²) in [5, 5.41) is 4.26. The molecule has 1 aromatic rings. The van der Waals surface area contributed by atoms with Crippen molar-refractivity contribution in [2.75, 3.05) is 44.0 Å². The number of nitrogens with zero attached hydrogens (tertiary/aromatic N) is 3. The number of carbonyl (C=O) groups excluding carboxylic acids is 1. The average molecular weight is 240 g/mol. The van der Waals surface area contributed by atoms with Crippen molar-refractivity contribution in [3.63, 3.8) is 0 Å². The molecule has 2 heterocycles. The molecule has 0 saturated carbocycles. The Morgan fingerprint density at radius 2 is 2.12 bits per heavy atom.